The van der Waals surface area contributed by atoms with Gasteiger partial charge in [-0.25, -0.2) is 8.42 Å². The van der Waals surface area contributed by atoms with Gasteiger partial charge in [-0.2, -0.15) is 0 Å². The first-order valence-electron chi connectivity index (χ1n) is 6.63. The van der Waals surface area contributed by atoms with Crippen LogP contribution in [-0.4, -0.2) is 36.9 Å². The van der Waals surface area contributed by atoms with Gasteiger partial charge in [-0.3, -0.25) is 0 Å². The number of fused-ring (bicyclic) bond motifs is 1. The van der Waals surface area contributed by atoms with Gasteiger partial charge in [0, 0.05) is 22.3 Å². The van der Waals surface area contributed by atoms with Crippen molar-refractivity contribution < 1.29 is 13.5 Å². The van der Waals surface area contributed by atoms with Gasteiger partial charge in [0.2, 0.25) is 0 Å². The lowest BCUT2D eigenvalue weighted by Crippen LogP contribution is -2.20. The number of rotatable bonds is 6. The summed E-state index contributed by atoms with van der Waals surface area (Å²) in [5.74, 6) is 1.40. The number of hydrogen-bond donors (Lipinski definition) is 1. The fourth-order valence-corrected chi connectivity index (χ4v) is 4.58. The number of sulfone groups is 1. The lowest BCUT2D eigenvalue weighted by Gasteiger charge is -2.18. The largest absolute Gasteiger partial charge is 0.392 e. The topological polar surface area (TPSA) is 54.4 Å². The van der Waals surface area contributed by atoms with Crippen LogP contribution in [0.15, 0.2) is 29.2 Å². The quantitative estimate of drug-likeness (QED) is 0.877. The molecule has 106 valence electrons. The Balaban J connectivity index is 1.90. The maximum absolute atomic E-state index is 11.4. The molecule has 1 heterocycles. The zero-order chi connectivity index (χ0) is 13.9. The number of thioether (sulfide) groups is 1. The number of benzene rings is 1. The first kappa shape index (κ1) is 14.9. The Morgan fingerprint density at radius 3 is 2.89 bits per heavy atom. The van der Waals surface area contributed by atoms with Crippen molar-refractivity contribution in [2.75, 3.05) is 17.3 Å². The van der Waals surface area contributed by atoms with E-state index in [9.17, 15) is 13.5 Å². The highest BCUT2D eigenvalue weighted by Gasteiger charge is 2.28. The summed E-state index contributed by atoms with van der Waals surface area (Å²) in [5.41, 5.74) is 1.21. The highest BCUT2D eigenvalue weighted by molar-refractivity contribution is 7.99. The van der Waals surface area contributed by atoms with Gasteiger partial charge < -0.3 is 5.11 Å². The Morgan fingerprint density at radius 2 is 2.16 bits per heavy atom. The van der Waals surface area contributed by atoms with Gasteiger partial charge in [0.1, 0.15) is 9.84 Å². The summed E-state index contributed by atoms with van der Waals surface area (Å²) in [6.07, 6.45) is 0.655. The molecule has 0 spiro atoms. The molecule has 2 atom stereocenters. The summed E-state index contributed by atoms with van der Waals surface area (Å²) in [5, 5.41) is 10.3. The third-order valence-corrected chi connectivity index (χ3v) is 6.60. The van der Waals surface area contributed by atoms with Crippen LogP contribution in [0.4, 0.5) is 0 Å². The summed E-state index contributed by atoms with van der Waals surface area (Å²) >= 11 is 1.77. The molecule has 0 aromatic heterocycles. The smallest absolute Gasteiger partial charge is 0.150 e. The van der Waals surface area contributed by atoms with Crippen LogP contribution in [0.5, 0.6) is 0 Å². The van der Waals surface area contributed by atoms with Crippen molar-refractivity contribution in [2.45, 2.75) is 36.7 Å². The molecule has 0 radical (unpaired) electrons. The number of aliphatic hydroxyl groups is 1. The van der Waals surface area contributed by atoms with Crippen LogP contribution in [0, 0.1) is 0 Å². The summed E-state index contributed by atoms with van der Waals surface area (Å²) < 4.78 is 22.8. The average Bonchev–Trinajstić information content (AvgIpc) is 2.82. The van der Waals surface area contributed by atoms with Crippen molar-refractivity contribution in [3.63, 3.8) is 0 Å². The maximum Gasteiger partial charge on any atom is 0.150 e. The summed E-state index contributed by atoms with van der Waals surface area (Å²) in [6.45, 7) is 1.66. The van der Waals surface area contributed by atoms with Gasteiger partial charge in [0.05, 0.1) is 11.9 Å². The molecule has 5 heteroatoms. The highest BCUT2D eigenvalue weighted by Crippen LogP contribution is 2.41. The fraction of sp³-hybridized carbons (Fsp3) is 0.571. The fourth-order valence-electron chi connectivity index (χ4n) is 2.36. The van der Waals surface area contributed by atoms with Gasteiger partial charge in [-0.15, -0.1) is 11.8 Å². The molecule has 0 saturated heterocycles. The van der Waals surface area contributed by atoms with E-state index in [1.54, 1.807) is 18.7 Å². The minimum Gasteiger partial charge on any atom is -0.392 e. The van der Waals surface area contributed by atoms with Gasteiger partial charge in [-0.1, -0.05) is 25.1 Å². The molecule has 1 aromatic rings. The third kappa shape index (κ3) is 3.74. The lowest BCUT2D eigenvalue weighted by atomic mass is 9.93. The van der Waals surface area contributed by atoms with E-state index in [0.29, 0.717) is 12.8 Å². The molecule has 0 amide bonds. The van der Waals surface area contributed by atoms with Gasteiger partial charge in [0.15, 0.2) is 0 Å². The van der Waals surface area contributed by atoms with Crippen molar-refractivity contribution in [2.24, 2.45) is 0 Å². The molecule has 19 heavy (non-hydrogen) atoms. The minimum absolute atomic E-state index is 0.144. The number of aliphatic hydroxyl groups excluding tert-OH is 1. The summed E-state index contributed by atoms with van der Waals surface area (Å²) in [6, 6.07) is 8.14. The van der Waals surface area contributed by atoms with Crippen LogP contribution in [0.1, 0.15) is 31.2 Å². The second-order valence-corrected chi connectivity index (χ2v) is 8.44. The molecule has 1 aliphatic heterocycles. The van der Waals surface area contributed by atoms with E-state index in [4.69, 9.17) is 0 Å². The molecular weight excluding hydrogens is 280 g/mol. The number of hydrogen-bond acceptors (Lipinski definition) is 4. The van der Waals surface area contributed by atoms with Crippen LogP contribution < -0.4 is 0 Å². The molecule has 1 N–H and O–H groups in total. The highest BCUT2D eigenvalue weighted by atomic mass is 32.2. The predicted octanol–water partition coefficient (Wildman–Crippen LogP) is 2.45. The Morgan fingerprint density at radius 1 is 1.42 bits per heavy atom. The molecule has 0 aliphatic carbocycles. The normalized spacial score (nSPS) is 20.2. The minimum atomic E-state index is -2.92. The standard InChI is InChI=1S/C14H20O3S2/c1-2-19(16,17)9-5-7-13(15)12-10-18-14-8-4-3-6-11(12)14/h3-4,6,8,12-13,15H,2,5,7,9-10H2,1H3. The van der Waals surface area contributed by atoms with Gasteiger partial charge >= 0.3 is 0 Å². The molecule has 2 unspecified atom stereocenters. The zero-order valence-electron chi connectivity index (χ0n) is 11.1. The van der Waals surface area contributed by atoms with Crippen molar-refractivity contribution in [1.82, 2.24) is 0 Å². The van der Waals surface area contributed by atoms with E-state index in [1.165, 1.54) is 10.5 Å². The van der Waals surface area contributed by atoms with Crippen molar-refractivity contribution in [1.29, 1.82) is 0 Å². The van der Waals surface area contributed by atoms with E-state index >= 15 is 0 Å². The van der Waals surface area contributed by atoms with Crippen molar-refractivity contribution >= 4 is 21.6 Å². The molecule has 0 fully saturated rings. The average molecular weight is 300 g/mol. The Kier molecular flexibility index (Phi) is 4.92. The molecule has 1 aromatic carbocycles. The second kappa shape index (κ2) is 6.29. The Labute approximate surface area is 119 Å². The van der Waals surface area contributed by atoms with Crippen LogP contribution >= 0.6 is 11.8 Å². The first-order valence-corrected chi connectivity index (χ1v) is 9.44. The van der Waals surface area contributed by atoms with Gasteiger partial charge in [-0.05, 0) is 24.5 Å². The molecule has 2 rings (SSSR count). The van der Waals surface area contributed by atoms with Gasteiger partial charge in [0.25, 0.3) is 0 Å². The third-order valence-electron chi connectivity index (χ3n) is 3.60. The SMILES string of the molecule is CCS(=O)(=O)CCCC(O)C1CSc2ccccc21. The van der Waals surface area contributed by atoms with E-state index in [-0.39, 0.29) is 17.4 Å². The first-order chi connectivity index (χ1) is 9.03. The summed E-state index contributed by atoms with van der Waals surface area (Å²) in [4.78, 5) is 1.24. The molecule has 0 bridgehead atoms. The van der Waals surface area contributed by atoms with E-state index in [1.807, 2.05) is 12.1 Å². The molecule has 3 nitrogen and oxygen atoms in total. The maximum atomic E-state index is 11.4. The molecular formula is C14H20O3S2. The summed E-state index contributed by atoms with van der Waals surface area (Å²) in [7, 11) is -2.92. The van der Waals surface area contributed by atoms with Crippen LogP contribution in [0.25, 0.3) is 0 Å². The van der Waals surface area contributed by atoms with Crippen LogP contribution in [0.2, 0.25) is 0 Å². The Hall–Kier alpha value is -0.520. The zero-order valence-corrected chi connectivity index (χ0v) is 12.7. The molecule has 0 saturated carbocycles. The van der Waals surface area contributed by atoms with Crippen LogP contribution in [-0.2, 0) is 9.84 Å². The van der Waals surface area contributed by atoms with E-state index in [0.717, 1.165) is 5.75 Å². The van der Waals surface area contributed by atoms with Crippen molar-refractivity contribution in [3.8, 4) is 0 Å². The molecule has 1 aliphatic rings. The Bertz CT molecular complexity index is 525. The van der Waals surface area contributed by atoms with Crippen molar-refractivity contribution in [3.05, 3.63) is 29.8 Å². The van der Waals surface area contributed by atoms with E-state index < -0.39 is 15.9 Å². The lowest BCUT2D eigenvalue weighted by molar-refractivity contribution is 0.141. The van der Waals surface area contributed by atoms with E-state index in [2.05, 4.69) is 12.1 Å². The monoisotopic (exact) mass is 300 g/mol. The second-order valence-electron chi connectivity index (χ2n) is 4.90. The van der Waals surface area contributed by atoms with Crippen LogP contribution in [0.3, 0.4) is 0 Å². The predicted molar refractivity (Wildman–Crippen MR) is 79.5 cm³/mol.